The average molecular weight is 307 g/mol. The Hall–Kier alpha value is -2.73. The number of pyridine rings is 1. The Morgan fingerprint density at radius 3 is 2.74 bits per heavy atom. The van der Waals surface area contributed by atoms with Crippen LogP contribution in [0.4, 0.5) is 0 Å². The van der Waals surface area contributed by atoms with Crippen molar-refractivity contribution in [1.82, 2.24) is 25.2 Å². The van der Waals surface area contributed by atoms with Crippen LogP contribution in [0, 0.1) is 0 Å². The largest absolute Gasteiger partial charge is 0.338 e. The van der Waals surface area contributed by atoms with Crippen molar-refractivity contribution in [2.24, 2.45) is 0 Å². The summed E-state index contributed by atoms with van der Waals surface area (Å²) < 4.78 is 0. The van der Waals surface area contributed by atoms with E-state index in [-0.39, 0.29) is 5.91 Å². The average Bonchev–Trinajstić information content (AvgIpc) is 3.06. The maximum Gasteiger partial charge on any atom is 0.273 e. The van der Waals surface area contributed by atoms with Crippen LogP contribution in [0.1, 0.15) is 10.5 Å². The minimum Gasteiger partial charge on any atom is -0.338 e. The molecular formula is C17H17N5O. The number of benzene rings is 1. The zero-order chi connectivity index (χ0) is 15.6. The van der Waals surface area contributed by atoms with Gasteiger partial charge in [-0.1, -0.05) is 12.1 Å². The lowest BCUT2D eigenvalue weighted by atomic mass is 10.1. The summed E-state index contributed by atoms with van der Waals surface area (Å²) in [4.78, 5) is 26.8. The second-order valence-corrected chi connectivity index (χ2v) is 5.54. The molecule has 0 saturated carbocycles. The molecule has 0 atom stereocenters. The molecule has 1 aliphatic rings. The van der Waals surface area contributed by atoms with Gasteiger partial charge in [-0.15, -0.1) is 0 Å². The van der Waals surface area contributed by atoms with Gasteiger partial charge in [-0.05, 0) is 24.3 Å². The molecule has 6 heteroatoms. The van der Waals surface area contributed by atoms with Gasteiger partial charge in [0.1, 0.15) is 11.5 Å². The molecule has 2 N–H and O–H groups in total. The second kappa shape index (κ2) is 5.81. The zero-order valence-corrected chi connectivity index (χ0v) is 12.6. The Kier molecular flexibility index (Phi) is 3.51. The van der Waals surface area contributed by atoms with Crippen LogP contribution in [0.3, 0.4) is 0 Å². The third-order valence-electron chi connectivity index (χ3n) is 4.06. The molecular weight excluding hydrogens is 290 g/mol. The fraction of sp³-hybridized carbons (Fsp3) is 0.235. The van der Waals surface area contributed by atoms with Gasteiger partial charge in [0.15, 0.2) is 0 Å². The quantitative estimate of drug-likeness (QED) is 0.755. The maximum absolute atomic E-state index is 12.8. The summed E-state index contributed by atoms with van der Waals surface area (Å²) in [6.45, 7) is 3.04. The van der Waals surface area contributed by atoms with Crippen LogP contribution in [-0.2, 0) is 0 Å². The summed E-state index contributed by atoms with van der Waals surface area (Å²) in [6, 6.07) is 11.5. The molecule has 1 amide bonds. The minimum atomic E-state index is -0.0393. The van der Waals surface area contributed by atoms with Gasteiger partial charge >= 0.3 is 0 Å². The van der Waals surface area contributed by atoms with E-state index in [1.807, 2.05) is 41.3 Å². The Labute approximate surface area is 133 Å². The van der Waals surface area contributed by atoms with Crippen molar-refractivity contribution in [3.05, 3.63) is 48.3 Å². The molecule has 4 rings (SSSR count). The number of nitrogens with zero attached hydrogens (tertiary/aromatic N) is 3. The van der Waals surface area contributed by atoms with E-state index in [4.69, 9.17) is 0 Å². The van der Waals surface area contributed by atoms with E-state index in [0.29, 0.717) is 24.6 Å². The van der Waals surface area contributed by atoms with E-state index in [0.717, 1.165) is 29.7 Å². The molecule has 0 bridgehead atoms. The Bertz CT molecular complexity index is 818. The molecule has 6 nitrogen and oxygen atoms in total. The van der Waals surface area contributed by atoms with E-state index in [1.165, 1.54) is 0 Å². The number of para-hydroxylation sites is 2. The van der Waals surface area contributed by atoms with Crippen LogP contribution in [0.15, 0.2) is 42.6 Å². The van der Waals surface area contributed by atoms with Crippen LogP contribution in [-0.4, -0.2) is 51.9 Å². The van der Waals surface area contributed by atoms with Gasteiger partial charge in [-0.2, -0.15) is 0 Å². The summed E-state index contributed by atoms with van der Waals surface area (Å²) in [5.74, 6) is 0.639. The molecule has 1 aromatic carbocycles. The number of H-pyrrole nitrogens is 1. The molecule has 116 valence electrons. The monoisotopic (exact) mass is 307 g/mol. The number of imidazole rings is 1. The predicted molar refractivity (Wildman–Crippen MR) is 88.1 cm³/mol. The molecule has 0 aliphatic carbocycles. The second-order valence-electron chi connectivity index (χ2n) is 5.54. The summed E-state index contributed by atoms with van der Waals surface area (Å²) in [5.41, 5.74) is 3.03. The van der Waals surface area contributed by atoms with Crippen molar-refractivity contribution in [1.29, 1.82) is 0 Å². The molecule has 2 aromatic heterocycles. The van der Waals surface area contributed by atoms with E-state index < -0.39 is 0 Å². The minimum absolute atomic E-state index is 0.0393. The van der Waals surface area contributed by atoms with Gasteiger partial charge in [-0.3, -0.25) is 9.78 Å². The number of nitrogens with one attached hydrogen (secondary N) is 2. The highest BCUT2D eigenvalue weighted by atomic mass is 16.2. The summed E-state index contributed by atoms with van der Waals surface area (Å²) >= 11 is 0. The number of rotatable bonds is 2. The summed E-state index contributed by atoms with van der Waals surface area (Å²) in [5, 5.41) is 3.25. The van der Waals surface area contributed by atoms with Gasteiger partial charge in [0.25, 0.3) is 5.91 Å². The molecule has 1 fully saturated rings. The number of carbonyl (C=O) groups excluding carboxylic acids is 1. The lowest BCUT2D eigenvalue weighted by molar-refractivity contribution is 0.0730. The highest BCUT2D eigenvalue weighted by molar-refractivity contribution is 5.98. The van der Waals surface area contributed by atoms with Crippen molar-refractivity contribution in [3.8, 4) is 11.4 Å². The highest BCUT2D eigenvalue weighted by Crippen LogP contribution is 2.23. The van der Waals surface area contributed by atoms with Crippen molar-refractivity contribution in [2.45, 2.75) is 0 Å². The molecule has 3 heterocycles. The van der Waals surface area contributed by atoms with Crippen molar-refractivity contribution < 1.29 is 4.79 Å². The van der Waals surface area contributed by atoms with Gasteiger partial charge in [0, 0.05) is 37.9 Å². The van der Waals surface area contributed by atoms with Crippen molar-refractivity contribution in [3.63, 3.8) is 0 Å². The van der Waals surface area contributed by atoms with Crippen LogP contribution in [0.2, 0.25) is 0 Å². The third-order valence-corrected chi connectivity index (χ3v) is 4.06. The van der Waals surface area contributed by atoms with E-state index in [9.17, 15) is 4.79 Å². The van der Waals surface area contributed by atoms with E-state index >= 15 is 0 Å². The Morgan fingerprint density at radius 1 is 1.09 bits per heavy atom. The summed E-state index contributed by atoms with van der Waals surface area (Å²) in [6.07, 6.45) is 1.65. The molecule has 23 heavy (non-hydrogen) atoms. The van der Waals surface area contributed by atoms with E-state index in [2.05, 4.69) is 20.3 Å². The smallest absolute Gasteiger partial charge is 0.273 e. The predicted octanol–water partition coefficient (Wildman–Crippen LogP) is 1.67. The van der Waals surface area contributed by atoms with Crippen LogP contribution >= 0.6 is 0 Å². The third kappa shape index (κ3) is 2.57. The summed E-state index contributed by atoms with van der Waals surface area (Å²) in [7, 11) is 0. The van der Waals surface area contributed by atoms with Crippen molar-refractivity contribution >= 4 is 16.9 Å². The van der Waals surface area contributed by atoms with Gasteiger partial charge in [0.2, 0.25) is 0 Å². The standard InChI is InChI=1S/C17H17N5O/c23-17(22-10-8-18-9-11-22)15-12(4-3-7-19-15)16-20-13-5-1-2-6-14(13)21-16/h1-7,18H,8-11H2,(H,20,21). The fourth-order valence-electron chi connectivity index (χ4n) is 2.86. The fourth-order valence-corrected chi connectivity index (χ4v) is 2.86. The number of aromatic amines is 1. The van der Waals surface area contributed by atoms with Crippen LogP contribution in [0.5, 0.6) is 0 Å². The highest BCUT2D eigenvalue weighted by Gasteiger charge is 2.23. The van der Waals surface area contributed by atoms with Crippen LogP contribution in [0.25, 0.3) is 22.4 Å². The molecule has 0 spiro atoms. The molecule has 0 radical (unpaired) electrons. The number of carbonyl (C=O) groups is 1. The first-order valence-electron chi connectivity index (χ1n) is 7.73. The Balaban J connectivity index is 1.75. The first kappa shape index (κ1) is 13.9. The molecule has 1 saturated heterocycles. The normalized spacial score (nSPS) is 15.0. The van der Waals surface area contributed by atoms with E-state index in [1.54, 1.807) is 6.20 Å². The number of fused-ring (bicyclic) bond motifs is 1. The number of aromatic nitrogens is 3. The first-order chi connectivity index (χ1) is 11.3. The lowest BCUT2D eigenvalue weighted by Crippen LogP contribution is -2.46. The number of hydrogen-bond donors (Lipinski definition) is 2. The van der Waals surface area contributed by atoms with Gasteiger partial charge in [0.05, 0.1) is 11.0 Å². The zero-order valence-electron chi connectivity index (χ0n) is 12.6. The van der Waals surface area contributed by atoms with Crippen LogP contribution < -0.4 is 5.32 Å². The Morgan fingerprint density at radius 2 is 1.91 bits per heavy atom. The van der Waals surface area contributed by atoms with Gasteiger partial charge in [-0.25, -0.2) is 4.98 Å². The molecule has 1 aliphatic heterocycles. The SMILES string of the molecule is O=C(c1ncccc1-c1nc2ccccc2[nH]1)N1CCNCC1. The number of amides is 1. The van der Waals surface area contributed by atoms with Gasteiger partial charge < -0.3 is 15.2 Å². The topological polar surface area (TPSA) is 73.9 Å². The number of hydrogen-bond acceptors (Lipinski definition) is 4. The van der Waals surface area contributed by atoms with Crippen molar-refractivity contribution in [2.75, 3.05) is 26.2 Å². The molecule has 3 aromatic rings. The first-order valence-corrected chi connectivity index (χ1v) is 7.73. The number of piperazine rings is 1. The molecule has 0 unspecified atom stereocenters. The lowest BCUT2D eigenvalue weighted by Gasteiger charge is -2.27. The maximum atomic E-state index is 12.8.